The number of hydrogen-bond donors (Lipinski definition) is 0. The second kappa shape index (κ2) is 7.32. The average Bonchev–Trinajstić information content (AvgIpc) is 2.58. The van der Waals surface area contributed by atoms with Gasteiger partial charge in [0.1, 0.15) is 13.2 Å². The maximum atomic E-state index is 12.5. The second-order valence-electron chi connectivity index (χ2n) is 4.67. The van der Waals surface area contributed by atoms with Crippen molar-refractivity contribution in [1.82, 2.24) is 0 Å². The third kappa shape index (κ3) is 3.42. The van der Waals surface area contributed by atoms with Crippen LogP contribution in [0.5, 0.6) is 11.5 Å². The summed E-state index contributed by atoms with van der Waals surface area (Å²) in [5.41, 5.74) is 2.04. The van der Waals surface area contributed by atoms with E-state index in [2.05, 4.69) is 0 Å². The zero-order valence-corrected chi connectivity index (χ0v) is 13.7. The van der Waals surface area contributed by atoms with Crippen molar-refractivity contribution in [3.8, 4) is 11.5 Å². The van der Waals surface area contributed by atoms with Crippen LogP contribution in [0, 0.1) is 6.92 Å². The van der Waals surface area contributed by atoms with E-state index in [9.17, 15) is 4.79 Å². The standard InChI is InChI=1S/C16H13ClO3.C2H6/c1-10-2-4-13(17)12(8-10)16(18)11-3-5-14-15(9-11)20-7-6-19-14;1-2/h2-5,8-9H,6-7H2,1H3;1-2H3. The third-order valence-corrected chi connectivity index (χ3v) is 3.50. The molecule has 2 aromatic rings. The first-order valence-electron chi connectivity index (χ1n) is 7.35. The van der Waals surface area contributed by atoms with Crippen molar-refractivity contribution < 1.29 is 14.3 Å². The molecule has 1 heterocycles. The van der Waals surface area contributed by atoms with Gasteiger partial charge in [0.05, 0.1) is 5.02 Å². The smallest absolute Gasteiger partial charge is 0.194 e. The quantitative estimate of drug-likeness (QED) is 0.754. The summed E-state index contributed by atoms with van der Waals surface area (Å²) in [6.07, 6.45) is 0. The molecule has 0 radical (unpaired) electrons. The van der Waals surface area contributed by atoms with E-state index in [1.54, 1.807) is 30.3 Å². The molecule has 2 aromatic carbocycles. The summed E-state index contributed by atoms with van der Waals surface area (Å²) in [5.74, 6) is 1.16. The highest BCUT2D eigenvalue weighted by Crippen LogP contribution is 2.32. The van der Waals surface area contributed by atoms with Crippen molar-refractivity contribution in [2.24, 2.45) is 0 Å². The van der Waals surface area contributed by atoms with Crippen LogP contribution in [0.25, 0.3) is 0 Å². The van der Waals surface area contributed by atoms with E-state index in [4.69, 9.17) is 21.1 Å². The van der Waals surface area contributed by atoms with Gasteiger partial charge >= 0.3 is 0 Å². The van der Waals surface area contributed by atoms with Gasteiger partial charge in [0, 0.05) is 11.1 Å². The molecule has 0 saturated carbocycles. The van der Waals surface area contributed by atoms with Gasteiger partial charge in [-0.05, 0) is 37.3 Å². The molecule has 0 unspecified atom stereocenters. The molecule has 3 rings (SSSR count). The van der Waals surface area contributed by atoms with Gasteiger partial charge in [0.15, 0.2) is 17.3 Å². The molecule has 0 aromatic heterocycles. The number of hydrogen-bond acceptors (Lipinski definition) is 3. The Morgan fingerprint density at radius 3 is 2.41 bits per heavy atom. The van der Waals surface area contributed by atoms with Crippen LogP contribution < -0.4 is 9.47 Å². The van der Waals surface area contributed by atoms with Gasteiger partial charge in [-0.15, -0.1) is 0 Å². The van der Waals surface area contributed by atoms with Gasteiger partial charge in [0.2, 0.25) is 0 Å². The Bertz CT molecular complexity index is 680. The number of aryl methyl sites for hydroxylation is 1. The monoisotopic (exact) mass is 318 g/mol. The molecule has 0 fully saturated rings. The van der Waals surface area contributed by atoms with Crippen molar-refractivity contribution >= 4 is 17.4 Å². The van der Waals surface area contributed by atoms with Gasteiger partial charge < -0.3 is 9.47 Å². The molecule has 0 aliphatic carbocycles. The summed E-state index contributed by atoms with van der Waals surface area (Å²) in [6, 6.07) is 10.6. The number of rotatable bonds is 2. The molecule has 0 saturated heterocycles. The van der Waals surface area contributed by atoms with Crippen LogP contribution in [0.1, 0.15) is 35.3 Å². The first-order chi connectivity index (χ1) is 10.6. The van der Waals surface area contributed by atoms with E-state index < -0.39 is 0 Å². The second-order valence-corrected chi connectivity index (χ2v) is 5.08. The minimum Gasteiger partial charge on any atom is -0.486 e. The summed E-state index contributed by atoms with van der Waals surface area (Å²) in [4.78, 5) is 12.5. The van der Waals surface area contributed by atoms with Crippen molar-refractivity contribution in [3.63, 3.8) is 0 Å². The number of ketones is 1. The van der Waals surface area contributed by atoms with Crippen molar-refractivity contribution in [2.45, 2.75) is 20.8 Å². The topological polar surface area (TPSA) is 35.5 Å². The Balaban J connectivity index is 0.000000847. The van der Waals surface area contributed by atoms with Crippen LogP contribution in [0.3, 0.4) is 0 Å². The summed E-state index contributed by atoms with van der Waals surface area (Å²) in [5, 5.41) is 0.454. The van der Waals surface area contributed by atoms with Crippen LogP contribution in [-0.2, 0) is 0 Å². The zero-order valence-electron chi connectivity index (χ0n) is 13.0. The lowest BCUT2D eigenvalue weighted by Crippen LogP contribution is -2.16. The molecule has 1 aliphatic rings. The van der Waals surface area contributed by atoms with E-state index in [0.29, 0.717) is 40.9 Å². The lowest BCUT2D eigenvalue weighted by atomic mass is 10.0. The van der Waals surface area contributed by atoms with Gasteiger partial charge in [0.25, 0.3) is 0 Å². The third-order valence-electron chi connectivity index (χ3n) is 3.17. The van der Waals surface area contributed by atoms with Gasteiger partial charge in [-0.2, -0.15) is 0 Å². The summed E-state index contributed by atoms with van der Waals surface area (Å²) in [6.45, 7) is 6.96. The van der Waals surface area contributed by atoms with Gasteiger partial charge in [-0.3, -0.25) is 4.79 Å². The lowest BCUT2D eigenvalue weighted by Gasteiger charge is -2.18. The maximum absolute atomic E-state index is 12.5. The fraction of sp³-hybridized carbons (Fsp3) is 0.278. The predicted molar refractivity (Wildman–Crippen MR) is 88.4 cm³/mol. The minimum absolute atomic E-state index is 0.115. The molecule has 0 amide bonds. The first kappa shape index (κ1) is 16.4. The summed E-state index contributed by atoms with van der Waals surface area (Å²) >= 11 is 6.11. The number of ether oxygens (including phenoxy) is 2. The molecule has 0 spiro atoms. The molecule has 3 nitrogen and oxygen atoms in total. The highest BCUT2D eigenvalue weighted by atomic mass is 35.5. The van der Waals surface area contributed by atoms with E-state index in [1.165, 1.54) is 0 Å². The Labute approximate surface area is 135 Å². The zero-order chi connectivity index (χ0) is 16.1. The van der Waals surface area contributed by atoms with Crippen LogP contribution >= 0.6 is 11.6 Å². The predicted octanol–water partition coefficient (Wildman–Crippen LogP) is 4.68. The number of fused-ring (bicyclic) bond motifs is 1. The fourth-order valence-electron chi connectivity index (χ4n) is 2.15. The Hall–Kier alpha value is -2.00. The average molecular weight is 319 g/mol. The van der Waals surface area contributed by atoms with Crippen molar-refractivity contribution in [1.29, 1.82) is 0 Å². The molecular formula is C18H19ClO3. The molecule has 1 aliphatic heterocycles. The number of halogens is 1. The summed E-state index contributed by atoms with van der Waals surface area (Å²) < 4.78 is 10.9. The highest BCUT2D eigenvalue weighted by molar-refractivity contribution is 6.35. The van der Waals surface area contributed by atoms with E-state index in [0.717, 1.165) is 5.56 Å². The Morgan fingerprint density at radius 2 is 1.68 bits per heavy atom. The molecule has 0 N–H and O–H groups in total. The lowest BCUT2D eigenvalue weighted by molar-refractivity contribution is 0.103. The van der Waals surface area contributed by atoms with Crippen molar-refractivity contribution in [2.75, 3.05) is 13.2 Å². The normalized spacial score (nSPS) is 12.2. The Morgan fingerprint density at radius 1 is 1.00 bits per heavy atom. The molecular weight excluding hydrogens is 300 g/mol. The maximum Gasteiger partial charge on any atom is 0.194 e. The molecule has 116 valence electrons. The van der Waals surface area contributed by atoms with Crippen LogP contribution in [0.4, 0.5) is 0 Å². The fourth-order valence-corrected chi connectivity index (χ4v) is 2.36. The largest absolute Gasteiger partial charge is 0.486 e. The molecule has 0 atom stereocenters. The van der Waals surface area contributed by atoms with Crippen molar-refractivity contribution in [3.05, 3.63) is 58.1 Å². The SMILES string of the molecule is CC.Cc1ccc(Cl)c(C(=O)c2ccc3c(c2)OCCO3)c1. The summed E-state index contributed by atoms with van der Waals surface area (Å²) in [7, 11) is 0. The Kier molecular flexibility index (Phi) is 5.45. The minimum atomic E-state index is -0.115. The van der Waals surface area contributed by atoms with E-state index in [1.807, 2.05) is 26.8 Å². The van der Waals surface area contributed by atoms with Gasteiger partial charge in [-0.25, -0.2) is 0 Å². The van der Waals surface area contributed by atoms with Crippen LogP contribution in [-0.4, -0.2) is 19.0 Å². The number of carbonyl (C=O) groups is 1. The molecule has 4 heteroatoms. The van der Waals surface area contributed by atoms with Crippen LogP contribution in [0.2, 0.25) is 5.02 Å². The van der Waals surface area contributed by atoms with Gasteiger partial charge in [-0.1, -0.05) is 37.1 Å². The first-order valence-corrected chi connectivity index (χ1v) is 7.73. The number of benzene rings is 2. The van der Waals surface area contributed by atoms with Crippen LogP contribution in [0.15, 0.2) is 36.4 Å². The number of carbonyl (C=O) groups excluding carboxylic acids is 1. The molecule has 22 heavy (non-hydrogen) atoms. The molecule has 0 bridgehead atoms. The highest BCUT2D eigenvalue weighted by Gasteiger charge is 2.17. The van der Waals surface area contributed by atoms with E-state index in [-0.39, 0.29) is 5.78 Å². The van der Waals surface area contributed by atoms with E-state index >= 15 is 0 Å².